The predicted molar refractivity (Wildman–Crippen MR) is 169 cm³/mol. The van der Waals surface area contributed by atoms with Gasteiger partial charge in [0, 0.05) is 39.3 Å². The van der Waals surface area contributed by atoms with Gasteiger partial charge < -0.3 is 4.57 Å². The first-order valence-corrected chi connectivity index (χ1v) is 13.9. The fraction of sp³-hybridized carbons (Fsp3) is 0. The van der Waals surface area contributed by atoms with E-state index in [0.29, 0.717) is 0 Å². The Bertz CT molecular complexity index is 2310. The third-order valence-electron chi connectivity index (χ3n) is 8.38. The fourth-order valence-corrected chi connectivity index (χ4v) is 6.53. The smallest absolute Gasteiger partial charge is 0.159 e. The number of nitrogens with zero attached hydrogens (tertiary/aromatic N) is 3. The summed E-state index contributed by atoms with van der Waals surface area (Å²) in [5, 5.41) is 5.02. The van der Waals surface area contributed by atoms with Gasteiger partial charge in [0.05, 0.1) is 16.7 Å². The first-order chi connectivity index (χ1) is 20.3. The Hall–Kier alpha value is -5.54. The van der Waals surface area contributed by atoms with E-state index in [0.717, 1.165) is 39.5 Å². The fourth-order valence-electron chi connectivity index (χ4n) is 6.53. The van der Waals surface area contributed by atoms with Crippen molar-refractivity contribution >= 4 is 32.6 Å². The van der Waals surface area contributed by atoms with Gasteiger partial charge in [-0.2, -0.15) is 0 Å². The van der Waals surface area contributed by atoms with Gasteiger partial charge in [-0.05, 0) is 57.8 Å². The molecule has 0 bridgehead atoms. The van der Waals surface area contributed by atoms with E-state index in [2.05, 4.69) is 138 Å². The van der Waals surface area contributed by atoms with Crippen LogP contribution < -0.4 is 0 Å². The van der Waals surface area contributed by atoms with Crippen molar-refractivity contribution in [1.82, 2.24) is 14.5 Å². The molecule has 0 unspecified atom stereocenters. The van der Waals surface area contributed by atoms with Crippen molar-refractivity contribution < 1.29 is 0 Å². The molecular weight excluding hydrogens is 498 g/mol. The summed E-state index contributed by atoms with van der Waals surface area (Å²) in [7, 11) is 0. The topological polar surface area (TPSA) is 30.7 Å². The lowest BCUT2D eigenvalue weighted by Crippen LogP contribution is -1.94. The van der Waals surface area contributed by atoms with E-state index in [4.69, 9.17) is 9.97 Å². The van der Waals surface area contributed by atoms with Gasteiger partial charge in [-0.1, -0.05) is 103 Å². The standard InChI is InChI=1S/C38H23N3/c1-2-13-28(14-3-1)41-34-18-5-4-15-29(34)30-20-19-26(22-35(30)41)25-11-6-12-27(21-25)38-39-23-33-31-16-7-9-24-10-8-17-32(36(24)31)37(33)40-38/h1-23H. The van der Waals surface area contributed by atoms with Crippen LogP contribution in [0.15, 0.2) is 140 Å². The molecule has 41 heavy (non-hydrogen) atoms. The third-order valence-corrected chi connectivity index (χ3v) is 8.38. The molecule has 8 aromatic rings. The van der Waals surface area contributed by atoms with Gasteiger partial charge in [0.1, 0.15) is 0 Å². The minimum Gasteiger partial charge on any atom is -0.309 e. The van der Waals surface area contributed by atoms with Crippen LogP contribution in [-0.2, 0) is 0 Å². The van der Waals surface area contributed by atoms with Crippen molar-refractivity contribution in [2.75, 3.05) is 0 Å². The summed E-state index contributed by atoms with van der Waals surface area (Å²) in [6, 6.07) is 47.5. The molecule has 2 aromatic heterocycles. The molecule has 0 spiro atoms. The molecule has 0 N–H and O–H groups in total. The lowest BCUT2D eigenvalue weighted by Gasteiger charge is -2.10. The van der Waals surface area contributed by atoms with Crippen LogP contribution in [0.5, 0.6) is 0 Å². The molecule has 0 aliphatic heterocycles. The number of rotatable bonds is 3. The Morgan fingerprint density at radius 2 is 1.22 bits per heavy atom. The van der Waals surface area contributed by atoms with Crippen LogP contribution in [0.3, 0.4) is 0 Å². The molecule has 1 aliphatic carbocycles. The quantitative estimate of drug-likeness (QED) is 0.232. The van der Waals surface area contributed by atoms with Gasteiger partial charge >= 0.3 is 0 Å². The highest BCUT2D eigenvalue weighted by atomic mass is 15.0. The Kier molecular flexibility index (Phi) is 4.61. The molecule has 3 heteroatoms. The third kappa shape index (κ3) is 3.26. The molecule has 0 amide bonds. The summed E-state index contributed by atoms with van der Waals surface area (Å²) in [6.45, 7) is 0. The van der Waals surface area contributed by atoms with Crippen LogP contribution in [-0.4, -0.2) is 14.5 Å². The molecule has 1 aliphatic rings. The Morgan fingerprint density at radius 1 is 0.488 bits per heavy atom. The number of para-hydroxylation sites is 2. The second-order valence-electron chi connectivity index (χ2n) is 10.7. The summed E-state index contributed by atoms with van der Waals surface area (Å²) in [6.07, 6.45) is 1.99. The molecule has 0 radical (unpaired) electrons. The molecule has 0 atom stereocenters. The molecule has 0 saturated heterocycles. The normalized spacial score (nSPS) is 11.9. The highest BCUT2D eigenvalue weighted by Gasteiger charge is 2.23. The first kappa shape index (κ1) is 22.3. The summed E-state index contributed by atoms with van der Waals surface area (Å²) in [4.78, 5) is 9.96. The molecule has 2 heterocycles. The minimum absolute atomic E-state index is 0.745. The Labute approximate surface area is 237 Å². The second-order valence-corrected chi connectivity index (χ2v) is 10.7. The van der Waals surface area contributed by atoms with E-state index >= 15 is 0 Å². The molecule has 190 valence electrons. The lowest BCUT2D eigenvalue weighted by atomic mass is 10.0. The molecule has 6 aromatic carbocycles. The van der Waals surface area contributed by atoms with Crippen molar-refractivity contribution in [1.29, 1.82) is 0 Å². The van der Waals surface area contributed by atoms with Crippen molar-refractivity contribution in [2.24, 2.45) is 0 Å². The monoisotopic (exact) mass is 521 g/mol. The maximum atomic E-state index is 5.12. The summed E-state index contributed by atoms with van der Waals surface area (Å²) in [5.74, 6) is 0.745. The highest BCUT2D eigenvalue weighted by Crippen LogP contribution is 2.46. The number of aromatic nitrogens is 3. The first-order valence-electron chi connectivity index (χ1n) is 13.9. The summed E-state index contributed by atoms with van der Waals surface area (Å²) < 4.78 is 2.36. The SMILES string of the molecule is c1ccc(-n2c3ccccc3c3ccc(-c4cccc(-c5ncc6c(n5)-c5cccc7cccc-6c57)c4)cc32)cc1. The number of benzene rings is 6. The highest BCUT2D eigenvalue weighted by molar-refractivity contribution is 6.14. The molecule has 3 nitrogen and oxygen atoms in total. The van der Waals surface area contributed by atoms with Crippen molar-refractivity contribution in [3.63, 3.8) is 0 Å². The van der Waals surface area contributed by atoms with E-state index in [1.165, 1.54) is 43.7 Å². The van der Waals surface area contributed by atoms with Crippen LogP contribution >= 0.6 is 0 Å². The molecular formula is C38H23N3. The summed E-state index contributed by atoms with van der Waals surface area (Å²) >= 11 is 0. The average Bonchev–Trinajstić information content (AvgIpc) is 3.55. The molecule has 9 rings (SSSR count). The van der Waals surface area contributed by atoms with Gasteiger partial charge in [-0.15, -0.1) is 0 Å². The van der Waals surface area contributed by atoms with Crippen molar-refractivity contribution in [3.05, 3.63) is 140 Å². The maximum absolute atomic E-state index is 5.12. The van der Waals surface area contributed by atoms with Gasteiger partial charge in [-0.25, -0.2) is 9.97 Å². The number of hydrogen-bond acceptors (Lipinski definition) is 2. The average molecular weight is 522 g/mol. The number of fused-ring (bicyclic) bond motifs is 6. The largest absolute Gasteiger partial charge is 0.309 e. The van der Waals surface area contributed by atoms with Gasteiger partial charge in [0.2, 0.25) is 0 Å². The van der Waals surface area contributed by atoms with Gasteiger partial charge in [0.25, 0.3) is 0 Å². The van der Waals surface area contributed by atoms with E-state index in [9.17, 15) is 0 Å². The molecule has 0 saturated carbocycles. The second kappa shape index (κ2) is 8.48. The minimum atomic E-state index is 0.745. The van der Waals surface area contributed by atoms with Gasteiger partial charge in [-0.3, -0.25) is 0 Å². The zero-order valence-corrected chi connectivity index (χ0v) is 22.1. The predicted octanol–water partition coefficient (Wildman–Crippen LogP) is 9.71. The Morgan fingerprint density at radius 3 is 2.12 bits per heavy atom. The van der Waals surface area contributed by atoms with E-state index in [1.54, 1.807) is 0 Å². The van der Waals surface area contributed by atoms with Crippen LogP contribution in [0.4, 0.5) is 0 Å². The Balaban J connectivity index is 1.19. The zero-order valence-electron chi connectivity index (χ0n) is 22.1. The molecule has 0 fully saturated rings. The van der Waals surface area contributed by atoms with Crippen LogP contribution in [0.1, 0.15) is 0 Å². The van der Waals surface area contributed by atoms with Gasteiger partial charge in [0.15, 0.2) is 5.82 Å². The zero-order chi connectivity index (χ0) is 26.9. The number of hydrogen-bond donors (Lipinski definition) is 0. The van der Waals surface area contributed by atoms with Crippen molar-refractivity contribution in [2.45, 2.75) is 0 Å². The van der Waals surface area contributed by atoms with Crippen LogP contribution in [0.25, 0.3) is 83.2 Å². The lowest BCUT2D eigenvalue weighted by molar-refractivity contribution is 1.18. The van der Waals surface area contributed by atoms with E-state index in [-0.39, 0.29) is 0 Å². The van der Waals surface area contributed by atoms with Crippen LogP contribution in [0.2, 0.25) is 0 Å². The van der Waals surface area contributed by atoms with E-state index < -0.39 is 0 Å². The van der Waals surface area contributed by atoms with Crippen LogP contribution in [0, 0.1) is 0 Å². The van der Waals surface area contributed by atoms with Crippen molar-refractivity contribution in [3.8, 4) is 50.6 Å². The maximum Gasteiger partial charge on any atom is 0.159 e. The summed E-state index contributed by atoms with van der Waals surface area (Å²) in [5.41, 5.74) is 11.4. The van der Waals surface area contributed by atoms with E-state index in [1.807, 2.05) is 6.20 Å².